The number of ether oxygens (including phenoxy) is 1. The summed E-state index contributed by atoms with van der Waals surface area (Å²) >= 11 is 6.18. The Morgan fingerprint density at radius 3 is 2.85 bits per heavy atom. The predicted molar refractivity (Wildman–Crippen MR) is 81.9 cm³/mol. The van der Waals surface area contributed by atoms with Crippen LogP contribution in [-0.2, 0) is 0 Å². The molecule has 2 heterocycles. The van der Waals surface area contributed by atoms with Crippen LogP contribution < -0.4 is 21.0 Å². The number of nitrogen functional groups attached to an aromatic ring is 1. The zero-order valence-corrected chi connectivity index (χ0v) is 11.8. The van der Waals surface area contributed by atoms with E-state index in [9.17, 15) is 0 Å². The Kier molecular flexibility index (Phi) is 4.05. The Labute approximate surface area is 121 Å². The van der Waals surface area contributed by atoms with Gasteiger partial charge in [-0.05, 0) is 17.4 Å². The van der Waals surface area contributed by atoms with Crippen molar-refractivity contribution in [3.05, 3.63) is 58.2 Å². The molecule has 0 bridgehead atoms. The molecule has 0 aliphatic rings. The fourth-order valence-electron chi connectivity index (χ4n) is 1.81. The molecule has 0 fully saturated rings. The van der Waals surface area contributed by atoms with E-state index >= 15 is 0 Å². The molecule has 0 unspecified atom stereocenters. The van der Waals surface area contributed by atoms with E-state index in [1.54, 1.807) is 25.3 Å². The van der Waals surface area contributed by atoms with Crippen LogP contribution in [0.4, 0.5) is 5.82 Å². The molecule has 0 atom stereocenters. The number of nitrogens with two attached hydrogens (primary N) is 1. The second-order valence-electron chi connectivity index (χ2n) is 4.07. The van der Waals surface area contributed by atoms with Crippen LogP contribution in [0.15, 0.2) is 37.1 Å². The van der Waals surface area contributed by atoms with Gasteiger partial charge in [0.25, 0.3) is 0 Å². The Balaban J connectivity index is 2.86. The fraction of sp³-hybridized carbons (Fsp3) is 0.0667. The van der Waals surface area contributed by atoms with Gasteiger partial charge in [-0.1, -0.05) is 30.8 Å². The van der Waals surface area contributed by atoms with Gasteiger partial charge in [0.1, 0.15) is 5.82 Å². The smallest absolute Gasteiger partial charge is 0.213 e. The topological polar surface area (TPSA) is 61.0 Å². The van der Waals surface area contributed by atoms with Gasteiger partial charge in [-0.15, -0.1) is 0 Å². The molecule has 2 aromatic rings. The van der Waals surface area contributed by atoms with E-state index in [1.165, 1.54) is 6.20 Å². The molecule has 0 saturated carbocycles. The van der Waals surface area contributed by atoms with Crippen LogP contribution in [0.5, 0.6) is 5.88 Å². The Morgan fingerprint density at radius 1 is 1.45 bits per heavy atom. The number of aromatic nitrogens is 2. The second-order valence-corrected chi connectivity index (χ2v) is 4.48. The largest absolute Gasteiger partial charge is 0.481 e. The minimum absolute atomic E-state index is 0.372. The number of hydrogen-bond donors (Lipinski definition) is 1. The highest BCUT2D eigenvalue weighted by molar-refractivity contribution is 6.32. The lowest BCUT2D eigenvalue weighted by Crippen LogP contribution is -2.29. The van der Waals surface area contributed by atoms with Gasteiger partial charge >= 0.3 is 0 Å². The van der Waals surface area contributed by atoms with Gasteiger partial charge < -0.3 is 10.5 Å². The summed E-state index contributed by atoms with van der Waals surface area (Å²) in [5.41, 5.74) is 7.15. The van der Waals surface area contributed by atoms with Crippen molar-refractivity contribution in [3.8, 4) is 5.88 Å². The maximum Gasteiger partial charge on any atom is 0.213 e. The van der Waals surface area contributed by atoms with Crippen LogP contribution in [0, 0.1) is 0 Å². The molecule has 20 heavy (non-hydrogen) atoms. The first-order valence-electron chi connectivity index (χ1n) is 5.85. The van der Waals surface area contributed by atoms with Crippen LogP contribution >= 0.6 is 11.6 Å². The molecule has 2 aromatic heterocycles. The zero-order chi connectivity index (χ0) is 14.7. The van der Waals surface area contributed by atoms with Crippen LogP contribution in [0.2, 0.25) is 5.02 Å². The van der Waals surface area contributed by atoms with Crippen molar-refractivity contribution in [1.82, 2.24) is 9.97 Å². The van der Waals surface area contributed by atoms with Crippen molar-refractivity contribution < 1.29 is 4.74 Å². The quantitative estimate of drug-likeness (QED) is 0.930. The number of anilines is 1. The second kappa shape index (κ2) is 5.75. The molecule has 0 saturated heterocycles. The molecule has 4 nitrogen and oxygen atoms in total. The maximum atomic E-state index is 6.18. The number of rotatable bonds is 3. The molecule has 0 aromatic carbocycles. The summed E-state index contributed by atoms with van der Waals surface area (Å²) < 4.78 is 5.14. The van der Waals surface area contributed by atoms with Gasteiger partial charge in [-0.3, -0.25) is 0 Å². The van der Waals surface area contributed by atoms with E-state index in [1.807, 2.05) is 6.07 Å². The Morgan fingerprint density at radius 2 is 2.20 bits per heavy atom. The molecule has 0 amide bonds. The number of halogens is 1. The number of methoxy groups -OCH3 is 1. The third-order valence-electron chi connectivity index (χ3n) is 2.79. The monoisotopic (exact) mass is 287 g/mol. The lowest BCUT2D eigenvalue weighted by molar-refractivity contribution is 0.396. The molecule has 0 spiro atoms. The average Bonchev–Trinajstić information content (AvgIpc) is 2.45. The summed E-state index contributed by atoms with van der Waals surface area (Å²) in [6.45, 7) is 7.78. The number of pyridine rings is 2. The molecular formula is C15H14ClN3O. The summed E-state index contributed by atoms with van der Waals surface area (Å²) in [4.78, 5) is 8.34. The first-order chi connectivity index (χ1) is 9.56. The van der Waals surface area contributed by atoms with Gasteiger partial charge in [-0.25, -0.2) is 9.97 Å². The van der Waals surface area contributed by atoms with Crippen molar-refractivity contribution in [3.63, 3.8) is 0 Å². The van der Waals surface area contributed by atoms with Crippen molar-refractivity contribution in [2.45, 2.75) is 0 Å². The average molecular weight is 288 g/mol. The van der Waals surface area contributed by atoms with Crippen molar-refractivity contribution >= 4 is 29.6 Å². The van der Waals surface area contributed by atoms with E-state index in [-0.39, 0.29) is 0 Å². The Bertz CT molecular complexity index is 771. The summed E-state index contributed by atoms with van der Waals surface area (Å²) in [7, 11) is 1.56. The first kappa shape index (κ1) is 14.1. The van der Waals surface area contributed by atoms with Crippen molar-refractivity contribution in [1.29, 1.82) is 0 Å². The number of nitrogens with zero attached hydrogens (tertiary/aromatic N) is 2. The van der Waals surface area contributed by atoms with E-state index < -0.39 is 0 Å². The normalized spacial score (nSPS) is 11.9. The molecule has 0 aliphatic carbocycles. The molecule has 2 rings (SSSR count). The third kappa shape index (κ3) is 2.65. The van der Waals surface area contributed by atoms with Gasteiger partial charge in [0.2, 0.25) is 5.88 Å². The number of allylic oxidation sites excluding steroid dienone is 1. The molecule has 5 heteroatoms. The SMILES string of the molecule is C=C/C(c1cc(N)ncc1Cl)=c1/nc(OC)ccc1=C. The van der Waals surface area contributed by atoms with E-state index in [0.717, 1.165) is 10.8 Å². The van der Waals surface area contributed by atoms with Crippen molar-refractivity contribution in [2.24, 2.45) is 0 Å². The highest BCUT2D eigenvalue weighted by Gasteiger charge is 2.08. The lowest BCUT2D eigenvalue weighted by atomic mass is 10.1. The summed E-state index contributed by atoms with van der Waals surface area (Å²) in [5, 5.41) is 1.86. The van der Waals surface area contributed by atoms with E-state index in [2.05, 4.69) is 23.1 Å². The summed E-state index contributed by atoms with van der Waals surface area (Å²) in [6.07, 6.45) is 3.16. The first-order valence-corrected chi connectivity index (χ1v) is 6.22. The molecule has 102 valence electrons. The summed E-state index contributed by atoms with van der Waals surface area (Å²) in [5.74, 6) is 0.863. The van der Waals surface area contributed by atoms with Crippen LogP contribution in [0.1, 0.15) is 5.56 Å². The van der Waals surface area contributed by atoms with Gasteiger partial charge in [0.15, 0.2) is 0 Å². The van der Waals surface area contributed by atoms with Gasteiger partial charge in [0, 0.05) is 23.4 Å². The number of hydrogen-bond acceptors (Lipinski definition) is 4. The molecule has 2 N–H and O–H groups in total. The predicted octanol–water partition coefficient (Wildman–Crippen LogP) is 1.52. The minimum Gasteiger partial charge on any atom is -0.481 e. The highest BCUT2D eigenvalue weighted by atomic mass is 35.5. The van der Waals surface area contributed by atoms with Gasteiger partial charge in [0.05, 0.1) is 17.5 Å². The van der Waals surface area contributed by atoms with Crippen LogP contribution in [0.25, 0.3) is 12.2 Å². The standard InChI is InChI=1S/C15H14ClN3O/c1-4-10(11-7-13(17)18-8-12(11)16)15-9(2)5-6-14(19-15)20-3/h4-8H,1-2H2,3H3,(H2,17,18)/b15-10-. The molecular weight excluding hydrogens is 274 g/mol. The zero-order valence-electron chi connectivity index (χ0n) is 11.1. The van der Waals surface area contributed by atoms with E-state index in [0.29, 0.717) is 27.6 Å². The van der Waals surface area contributed by atoms with E-state index in [4.69, 9.17) is 22.1 Å². The molecule has 0 radical (unpaired) electrons. The lowest BCUT2D eigenvalue weighted by Gasteiger charge is -2.07. The minimum atomic E-state index is 0.372. The highest BCUT2D eigenvalue weighted by Crippen LogP contribution is 2.23. The molecule has 0 aliphatic heterocycles. The van der Waals surface area contributed by atoms with Gasteiger partial charge in [-0.2, -0.15) is 0 Å². The summed E-state index contributed by atoms with van der Waals surface area (Å²) in [6, 6.07) is 5.25. The third-order valence-corrected chi connectivity index (χ3v) is 3.09. The Hall–Kier alpha value is -2.33. The van der Waals surface area contributed by atoms with Crippen LogP contribution in [-0.4, -0.2) is 17.1 Å². The van der Waals surface area contributed by atoms with Crippen molar-refractivity contribution in [2.75, 3.05) is 12.8 Å². The maximum absolute atomic E-state index is 6.18. The van der Waals surface area contributed by atoms with Crippen LogP contribution in [0.3, 0.4) is 0 Å². The fourth-order valence-corrected chi connectivity index (χ4v) is 2.02.